The zero-order valence-electron chi connectivity index (χ0n) is 10.9. The molecule has 94 valence electrons. The van der Waals surface area contributed by atoms with Gasteiger partial charge in [0.25, 0.3) is 5.56 Å². The third-order valence-electron chi connectivity index (χ3n) is 2.91. The van der Waals surface area contributed by atoms with Gasteiger partial charge in [0.15, 0.2) is 0 Å². The van der Waals surface area contributed by atoms with E-state index in [1.54, 1.807) is 14.0 Å². The molecule has 0 bridgehead atoms. The Bertz CT molecular complexity index is 501. The molecule has 0 spiro atoms. The van der Waals surface area contributed by atoms with Gasteiger partial charge < -0.3 is 15.0 Å². The molecule has 0 saturated heterocycles. The summed E-state index contributed by atoms with van der Waals surface area (Å²) in [7, 11) is 1.69. The lowest BCUT2D eigenvalue weighted by Gasteiger charge is -2.24. The normalized spacial score (nSPS) is 10.4. The summed E-state index contributed by atoms with van der Waals surface area (Å²) in [5.74, 6) is -0.253. The molecule has 0 saturated carbocycles. The molecule has 1 aromatic rings. The molecular formula is C13H19N2O2-. The van der Waals surface area contributed by atoms with E-state index in [1.165, 1.54) is 4.57 Å². The second kappa shape index (κ2) is 5.08. The SMILES string of the molecule is C=C([O-])c1c(NCC)c(C)c(=O)n(C)c1CC. The number of hydrogen-bond donors (Lipinski definition) is 1. The zero-order valence-corrected chi connectivity index (χ0v) is 10.9. The van der Waals surface area contributed by atoms with Crippen molar-refractivity contribution in [2.45, 2.75) is 27.2 Å². The fourth-order valence-electron chi connectivity index (χ4n) is 2.09. The predicted molar refractivity (Wildman–Crippen MR) is 69.0 cm³/mol. The average molecular weight is 235 g/mol. The van der Waals surface area contributed by atoms with Crippen molar-refractivity contribution in [3.8, 4) is 0 Å². The van der Waals surface area contributed by atoms with Crippen LogP contribution in [0.2, 0.25) is 0 Å². The minimum atomic E-state index is -0.253. The molecule has 0 amide bonds. The van der Waals surface area contributed by atoms with Crippen molar-refractivity contribution in [3.05, 3.63) is 33.8 Å². The van der Waals surface area contributed by atoms with E-state index in [0.717, 1.165) is 5.69 Å². The van der Waals surface area contributed by atoms with Crippen LogP contribution < -0.4 is 16.0 Å². The van der Waals surface area contributed by atoms with Gasteiger partial charge in [0.1, 0.15) is 0 Å². The fraction of sp³-hybridized carbons (Fsp3) is 0.462. The van der Waals surface area contributed by atoms with Crippen LogP contribution in [0.15, 0.2) is 11.4 Å². The Labute approximate surface area is 102 Å². The molecule has 0 aliphatic heterocycles. The summed E-state index contributed by atoms with van der Waals surface area (Å²) in [6.45, 7) is 9.72. The molecular weight excluding hydrogens is 216 g/mol. The van der Waals surface area contributed by atoms with Crippen LogP contribution in [0.25, 0.3) is 5.76 Å². The Morgan fingerprint density at radius 3 is 2.47 bits per heavy atom. The predicted octanol–water partition coefficient (Wildman–Crippen LogP) is 1.02. The lowest BCUT2D eigenvalue weighted by atomic mass is 10.0. The summed E-state index contributed by atoms with van der Waals surface area (Å²) in [5, 5.41) is 14.8. The lowest BCUT2D eigenvalue weighted by molar-refractivity contribution is -0.243. The van der Waals surface area contributed by atoms with Gasteiger partial charge in [-0.2, -0.15) is 0 Å². The van der Waals surface area contributed by atoms with Crippen molar-refractivity contribution in [3.63, 3.8) is 0 Å². The Morgan fingerprint density at radius 2 is 2.06 bits per heavy atom. The summed E-state index contributed by atoms with van der Waals surface area (Å²) in [4.78, 5) is 12.0. The van der Waals surface area contributed by atoms with Crippen molar-refractivity contribution in [2.75, 3.05) is 11.9 Å². The maximum absolute atomic E-state index is 12.0. The number of hydrogen-bond acceptors (Lipinski definition) is 3. The molecule has 0 aromatic carbocycles. The smallest absolute Gasteiger partial charge is 0.255 e. The molecule has 4 nitrogen and oxygen atoms in total. The van der Waals surface area contributed by atoms with E-state index in [1.807, 2.05) is 13.8 Å². The van der Waals surface area contributed by atoms with Gasteiger partial charge in [0, 0.05) is 30.4 Å². The van der Waals surface area contributed by atoms with Crippen LogP contribution in [0.5, 0.6) is 0 Å². The van der Waals surface area contributed by atoms with Crippen molar-refractivity contribution >= 4 is 11.4 Å². The first-order chi connectivity index (χ1) is 7.95. The summed E-state index contributed by atoms with van der Waals surface area (Å²) in [5.41, 5.74) is 2.40. The van der Waals surface area contributed by atoms with E-state index in [0.29, 0.717) is 29.8 Å². The topological polar surface area (TPSA) is 57.1 Å². The number of anilines is 1. The second-order valence-electron chi connectivity index (χ2n) is 3.99. The quantitative estimate of drug-likeness (QED) is 0.793. The Balaban J connectivity index is 3.73. The highest BCUT2D eigenvalue weighted by molar-refractivity contribution is 5.74. The van der Waals surface area contributed by atoms with Gasteiger partial charge in [0.2, 0.25) is 0 Å². The van der Waals surface area contributed by atoms with Crippen LogP contribution in [0.3, 0.4) is 0 Å². The highest BCUT2D eigenvalue weighted by atomic mass is 16.3. The van der Waals surface area contributed by atoms with Gasteiger partial charge in [0.05, 0.1) is 5.69 Å². The largest absolute Gasteiger partial charge is 0.872 e. The molecule has 0 atom stereocenters. The van der Waals surface area contributed by atoms with E-state index >= 15 is 0 Å². The monoisotopic (exact) mass is 235 g/mol. The molecule has 4 heteroatoms. The Hall–Kier alpha value is -1.71. The molecule has 0 aliphatic rings. The van der Waals surface area contributed by atoms with E-state index in [4.69, 9.17) is 0 Å². The minimum absolute atomic E-state index is 0.0669. The summed E-state index contributed by atoms with van der Waals surface area (Å²) < 4.78 is 1.54. The maximum Gasteiger partial charge on any atom is 0.255 e. The molecule has 17 heavy (non-hydrogen) atoms. The first-order valence-corrected chi connectivity index (χ1v) is 5.78. The molecule has 0 fully saturated rings. The van der Waals surface area contributed by atoms with Gasteiger partial charge in [-0.05, 0) is 20.3 Å². The number of nitrogens with zero attached hydrogens (tertiary/aromatic N) is 1. The summed E-state index contributed by atoms with van der Waals surface area (Å²) >= 11 is 0. The molecule has 0 aliphatic carbocycles. The molecule has 1 heterocycles. The number of pyridine rings is 1. The Morgan fingerprint density at radius 1 is 1.47 bits per heavy atom. The van der Waals surface area contributed by atoms with Crippen molar-refractivity contribution in [2.24, 2.45) is 7.05 Å². The van der Waals surface area contributed by atoms with Crippen molar-refractivity contribution in [1.82, 2.24) is 4.57 Å². The standard InChI is InChI=1S/C13H20N2O2/c1-6-10-11(9(4)16)12(14-7-2)8(3)13(17)15(10)5/h14,16H,4,6-7H2,1-3,5H3/p-1. The van der Waals surface area contributed by atoms with Crippen LogP contribution in [-0.4, -0.2) is 11.1 Å². The van der Waals surface area contributed by atoms with Gasteiger partial charge in [-0.3, -0.25) is 4.79 Å². The summed E-state index contributed by atoms with van der Waals surface area (Å²) in [6, 6.07) is 0. The lowest BCUT2D eigenvalue weighted by Crippen LogP contribution is -2.27. The second-order valence-corrected chi connectivity index (χ2v) is 3.99. The van der Waals surface area contributed by atoms with Crippen molar-refractivity contribution in [1.29, 1.82) is 0 Å². The zero-order chi connectivity index (χ0) is 13.2. The number of aromatic nitrogens is 1. The Kier molecular flexibility index (Phi) is 3.99. The van der Waals surface area contributed by atoms with Crippen LogP contribution in [0.1, 0.15) is 30.7 Å². The number of nitrogens with one attached hydrogen (secondary N) is 1. The minimum Gasteiger partial charge on any atom is -0.872 e. The van der Waals surface area contributed by atoms with Crippen LogP contribution >= 0.6 is 0 Å². The van der Waals surface area contributed by atoms with Gasteiger partial charge in [-0.1, -0.05) is 6.92 Å². The number of rotatable bonds is 4. The molecule has 1 aromatic heterocycles. The van der Waals surface area contributed by atoms with Gasteiger partial charge in [-0.15, -0.1) is 12.3 Å². The highest BCUT2D eigenvalue weighted by Gasteiger charge is 2.15. The third-order valence-corrected chi connectivity index (χ3v) is 2.91. The summed E-state index contributed by atoms with van der Waals surface area (Å²) in [6.07, 6.45) is 0.626. The van der Waals surface area contributed by atoms with Crippen LogP contribution in [0.4, 0.5) is 5.69 Å². The van der Waals surface area contributed by atoms with Crippen molar-refractivity contribution < 1.29 is 5.11 Å². The first kappa shape index (κ1) is 13.4. The fourth-order valence-corrected chi connectivity index (χ4v) is 2.09. The van der Waals surface area contributed by atoms with E-state index < -0.39 is 0 Å². The van der Waals surface area contributed by atoms with E-state index in [2.05, 4.69) is 11.9 Å². The van der Waals surface area contributed by atoms with Crippen LogP contribution in [-0.2, 0) is 13.5 Å². The van der Waals surface area contributed by atoms with E-state index in [9.17, 15) is 9.90 Å². The molecule has 1 N–H and O–H groups in total. The molecule has 0 radical (unpaired) electrons. The average Bonchev–Trinajstić information content (AvgIpc) is 2.29. The van der Waals surface area contributed by atoms with E-state index in [-0.39, 0.29) is 11.3 Å². The molecule has 0 unspecified atom stereocenters. The first-order valence-electron chi connectivity index (χ1n) is 5.78. The maximum atomic E-state index is 12.0. The molecule has 1 rings (SSSR count). The van der Waals surface area contributed by atoms with Crippen LogP contribution in [0, 0.1) is 6.92 Å². The third kappa shape index (κ3) is 2.20. The van der Waals surface area contributed by atoms with Gasteiger partial charge >= 0.3 is 0 Å². The van der Waals surface area contributed by atoms with Gasteiger partial charge in [-0.25, -0.2) is 0 Å². The highest BCUT2D eigenvalue weighted by Crippen LogP contribution is 2.25.